The summed E-state index contributed by atoms with van der Waals surface area (Å²) in [5.41, 5.74) is 7.48. The Morgan fingerprint density at radius 3 is 2.56 bits per heavy atom. The zero-order chi connectivity index (χ0) is 12.3. The first-order chi connectivity index (χ1) is 7.47. The van der Waals surface area contributed by atoms with E-state index in [2.05, 4.69) is 10.5 Å². The molecule has 1 aromatic rings. The van der Waals surface area contributed by atoms with Crippen molar-refractivity contribution in [3.63, 3.8) is 0 Å². The third kappa shape index (κ3) is 2.37. The van der Waals surface area contributed by atoms with Gasteiger partial charge in [-0.3, -0.25) is 19.7 Å². The number of carbonyl (C=O) groups excluding carboxylic acids is 2. The highest BCUT2D eigenvalue weighted by atomic mass is 16.2. The molecule has 1 rings (SSSR count). The van der Waals surface area contributed by atoms with Crippen LogP contribution in [0.4, 0.5) is 0 Å². The van der Waals surface area contributed by atoms with Crippen LogP contribution in [0, 0.1) is 5.92 Å². The molecule has 7 heteroatoms. The molecule has 1 aromatic heterocycles. The molecule has 0 radical (unpaired) electrons. The molecule has 0 saturated heterocycles. The van der Waals surface area contributed by atoms with Crippen molar-refractivity contribution in [2.75, 3.05) is 0 Å². The number of hydrogen-bond donors (Lipinski definition) is 3. The fourth-order valence-corrected chi connectivity index (χ4v) is 1.27. The second-order valence-corrected chi connectivity index (χ2v) is 3.61. The van der Waals surface area contributed by atoms with E-state index in [1.807, 2.05) is 0 Å². The summed E-state index contributed by atoms with van der Waals surface area (Å²) in [6.07, 6.45) is 2.87. The van der Waals surface area contributed by atoms with E-state index in [0.29, 0.717) is 5.56 Å². The number of nitrogens with two attached hydrogens (primary N) is 2. The molecule has 2 atom stereocenters. The van der Waals surface area contributed by atoms with Crippen LogP contribution in [-0.4, -0.2) is 21.6 Å². The van der Waals surface area contributed by atoms with Gasteiger partial charge in [0.25, 0.3) is 5.91 Å². The van der Waals surface area contributed by atoms with E-state index < -0.39 is 5.91 Å². The van der Waals surface area contributed by atoms with E-state index in [1.165, 1.54) is 17.1 Å². The van der Waals surface area contributed by atoms with Crippen LogP contribution in [0.3, 0.4) is 0 Å². The first-order valence-corrected chi connectivity index (χ1v) is 4.81. The van der Waals surface area contributed by atoms with Crippen molar-refractivity contribution >= 4 is 11.8 Å². The van der Waals surface area contributed by atoms with Crippen molar-refractivity contribution in [1.82, 2.24) is 15.2 Å². The van der Waals surface area contributed by atoms with E-state index >= 15 is 0 Å². The highest BCUT2D eigenvalue weighted by Gasteiger charge is 2.21. The van der Waals surface area contributed by atoms with Crippen LogP contribution in [0.25, 0.3) is 0 Å². The molecule has 88 valence electrons. The monoisotopic (exact) mass is 225 g/mol. The molecule has 0 fully saturated rings. The molecule has 5 N–H and O–H groups in total. The highest BCUT2D eigenvalue weighted by Crippen LogP contribution is 2.16. The number of primary amides is 1. The summed E-state index contributed by atoms with van der Waals surface area (Å²) in [6, 6.07) is -0.211. The molecule has 1 heterocycles. The van der Waals surface area contributed by atoms with Crippen LogP contribution in [0.5, 0.6) is 0 Å². The van der Waals surface area contributed by atoms with Crippen LogP contribution < -0.4 is 17.0 Å². The Balaban J connectivity index is 2.83. The number of hydrazine groups is 1. The summed E-state index contributed by atoms with van der Waals surface area (Å²) in [5.74, 6) is 3.85. The van der Waals surface area contributed by atoms with Crippen LogP contribution in [0.15, 0.2) is 12.4 Å². The third-order valence-electron chi connectivity index (χ3n) is 2.58. The van der Waals surface area contributed by atoms with Gasteiger partial charge in [-0.15, -0.1) is 0 Å². The summed E-state index contributed by atoms with van der Waals surface area (Å²) < 4.78 is 1.51. The van der Waals surface area contributed by atoms with Crippen LogP contribution in [0.2, 0.25) is 0 Å². The first kappa shape index (κ1) is 12.2. The fraction of sp³-hybridized carbons (Fsp3) is 0.444. The SMILES string of the molecule is CC(C(=O)NN)C(C)n1cc(C(N)=O)cn1. The second kappa shape index (κ2) is 4.75. The molecule has 0 aromatic carbocycles. The molecule has 2 unspecified atom stereocenters. The Bertz CT molecular complexity index is 400. The molecule has 0 bridgehead atoms. The fourth-order valence-electron chi connectivity index (χ4n) is 1.27. The van der Waals surface area contributed by atoms with Crippen molar-refractivity contribution in [1.29, 1.82) is 0 Å². The van der Waals surface area contributed by atoms with Gasteiger partial charge in [-0.1, -0.05) is 6.92 Å². The Labute approximate surface area is 92.8 Å². The van der Waals surface area contributed by atoms with Gasteiger partial charge in [0.05, 0.1) is 23.7 Å². The summed E-state index contributed by atoms with van der Waals surface area (Å²) in [7, 11) is 0. The average molecular weight is 225 g/mol. The van der Waals surface area contributed by atoms with E-state index in [0.717, 1.165) is 0 Å². The minimum absolute atomic E-state index is 0.211. The lowest BCUT2D eigenvalue weighted by atomic mass is 10.0. The van der Waals surface area contributed by atoms with Crippen molar-refractivity contribution in [3.05, 3.63) is 18.0 Å². The Hall–Kier alpha value is -1.89. The molecule has 7 nitrogen and oxygen atoms in total. The van der Waals surface area contributed by atoms with Gasteiger partial charge < -0.3 is 5.73 Å². The van der Waals surface area contributed by atoms with Crippen molar-refractivity contribution < 1.29 is 9.59 Å². The highest BCUT2D eigenvalue weighted by molar-refractivity contribution is 5.92. The maximum atomic E-state index is 11.3. The lowest BCUT2D eigenvalue weighted by molar-refractivity contribution is -0.125. The Morgan fingerprint density at radius 1 is 1.50 bits per heavy atom. The van der Waals surface area contributed by atoms with Gasteiger partial charge in [-0.2, -0.15) is 5.10 Å². The molecular weight excluding hydrogens is 210 g/mol. The van der Waals surface area contributed by atoms with Crippen LogP contribution in [0.1, 0.15) is 30.2 Å². The molecule has 0 aliphatic rings. The molecular formula is C9H15N5O2. The molecule has 16 heavy (non-hydrogen) atoms. The molecule has 0 aliphatic carbocycles. The van der Waals surface area contributed by atoms with Gasteiger partial charge in [-0.05, 0) is 6.92 Å². The van der Waals surface area contributed by atoms with Gasteiger partial charge in [0, 0.05) is 6.20 Å². The number of hydrogen-bond acceptors (Lipinski definition) is 4. The summed E-state index contributed by atoms with van der Waals surface area (Å²) in [5, 5.41) is 3.97. The third-order valence-corrected chi connectivity index (χ3v) is 2.58. The van der Waals surface area contributed by atoms with Gasteiger partial charge in [-0.25, -0.2) is 5.84 Å². The maximum absolute atomic E-state index is 11.3. The lowest BCUT2D eigenvalue weighted by Gasteiger charge is -2.18. The van der Waals surface area contributed by atoms with Crippen molar-refractivity contribution in [2.45, 2.75) is 19.9 Å². The number of nitrogens with zero attached hydrogens (tertiary/aromatic N) is 2. The van der Waals surface area contributed by atoms with E-state index in [-0.39, 0.29) is 17.9 Å². The molecule has 2 amide bonds. The summed E-state index contributed by atoms with van der Waals surface area (Å²) >= 11 is 0. The topological polar surface area (TPSA) is 116 Å². The summed E-state index contributed by atoms with van der Waals surface area (Å²) in [6.45, 7) is 3.52. The van der Waals surface area contributed by atoms with Gasteiger partial charge in [0.2, 0.25) is 5.91 Å². The van der Waals surface area contributed by atoms with Crippen LogP contribution >= 0.6 is 0 Å². The number of amides is 2. The first-order valence-electron chi connectivity index (χ1n) is 4.81. The maximum Gasteiger partial charge on any atom is 0.251 e. The van der Waals surface area contributed by atoms with Gasteiger partial charge >= 0.3 is 0 Å². The van der Waals surface area contributed by atoms with Crippen molar-refractivity contribution in [2.24, 2.45) is 17.5 Å². The average Bonchev–Trinajstić information content (AvgIpc) is 2.75. The van der Waals surface area contributed by atoms with E-state index in [1.54, 1.807) is 13.8 Å². The van der Waals surface area contributed by atoms with E-state index in [4.69, 9.17) is 11.6 Å². The minimum atomic E-state index is -0.547. The minimum Gasteiger partial charge on any atom is -0.366 e. The summed E-state index contributed by atoms with van der Waals surface area (Å²) in [4.78, 5) is 22.2. The van der Waals surface area contributed by atoms with Crippen LogP contribution in [-0.2, 0) is 4.79 Å². The number of aromatic nitrogens is 2. The Kier molecular flexibility index (Phi) is 3.62. The quantitative estimate of drug-likeness (QED) is 0.352. The number of rotatable bonds is 4. The lowest BCUT2D eigenvalue weighted by Crippen LogP contribution is -2.37. The molecule has 0 aliphatic heterocycles. The normalized spacial score (nSPS) is 14.2. The smallest absolute Gasteiger partial charge is 0.251 e. The second-order valence-electron chi connectivity index (χ2n) is 3.61. The number of carbonyl (C=O) groups is 2. The van der Waals surface area contributed by atoms with Gasteiger partial charge in [0.1, 0.15) is 0 Å². The zero-order valence-electron chi connectivity index (χ0n) is 9.18. The molecule has 0 saturated carbocycles. The van der Waals surface area contributed by atoms with Crippen molar-refractivity contribution in [3.8, 4) is 0 Å². The van der Waals surface area contributed by atoms with E-state index in [9.17, 15) is 9.59 Å². The predicted molar refractivity (Wildman–Crippen MR) is 57.0 cm³/mol. The van der Waals surface area contributed by atoms with Gasteiger partial charge in [0.15, 0.2) is 0 Å². The Morgan fingerprint density at radius 2 is 2.12 bits per heavy atom. The largest absolute Gasteiger partial charge is 0.366 e. The number of nitrogens with one attached hydrogen (secondary N) is 1. The predicted octanol–water partition coefficient (Wildman–Crippen LogP) is -0.831. The molecule has 0 spiro atoms. The zero-order valence-corrected chi connectivity index (χ0v) is 9.18. The standard InChI is InChI=1S/C9H15N5O2/c1-5(9(16)13-11)6(2)14-4-7(3-12-14)8(10)15/h3-6H,11H2,1-2H3,(H2,10,15)(H,13,16).